The van der Waals surface area contributed by atoms with E-state index >= 15 is 0 Å². The fourth-order valence-electron chi connectivity index (χ4n) is 2.51. The minimum absolute atomic E-state index is 0.0000131. The van der Waals surface area contributed by atoms with Gasteiger partial charge in [-0.1, -0.05) is 22.9 Å². The van der Waals surface area contributed by atoms with Gasteiger partial charge in [0.2, 0.25) is 0 Å². The first-order chi connectivity index (χ1) is 8.56. The molecule has 0 unspecified atom stereocenters. The molecule has 2 rings (SSSR count). The molecule has 2 nitrogen and oxygen atoms in total. The number of hydrogen-bond acceptors (Lipinski definition) is 2. The summed E-state index contributed by atoms with van der Waals surface area (Å²) >= 11 is 3.49. The van der Waals surface area contributed by atoms with E-state index in [-0.39, 0.29) is 6.04 Å². The first kappa shape index (κ1) is 13.9. The highest BCUT2D eigenvalue weighted by atomic mass is 79.9. The van der Waals surface area contributed by atoms with Gasteiger partial charge in [-0.2, -0.15) is 0 Å². The van der Waals surface area contributed by atoms with Gasteiger partial charge in [0.15, 0.2) is 0 Å². The lowest BCUT2D eigenvalue weighted by molar-refractivity contribution is 0.134. The summed E-state index contributed by atoms with van der Waals surface area (Å²) in [6.07, 6.45) is 5.23. The quantitative estimate of drug-likeness (QED) is 0.896. The third-order valence-corrected chi connectivity index (χ3v) is 4.21. The van der Waals surface area contributed by atoms with Crippen LogP contribution in [0.5, 0.6) is 5.75 Å². The van der Waals surface area contributed by atoms with Crippen LogP contribution in [0, 0.1) is 5.92 Å². The molecular formula is C15H22BrNO. The fraction of sp³-hybridized carbons (Fsp3) is 0.600. The van der Waals surface area contributed by atoms with Crippen LogP contribution in [-0.2, 0) is 0 Å². The molecule has 100 valence electrons. The number of halogens is 1. The average molecular weight is 312 g/mol. The van der Waals surface area contributed by atoms with Crippen LogP contribution in [0.4, 0.5) is 0 Å². The molecule has 1 saturated carbocycles. The Kier molecular flexibility index (Phi) is 4.68. The highest BCUT2D eigenvalue weighted by Crippen LogP contribution is 2.32. The largest absolute Gasteiger partial charge is 0.490 e. The number of rotatable bonds is 3. The summed E-state index contributed by atoms with van der Waals surface area (Å²) < 4.78 is 7.21. The molecule has 0 aliphatic heterocycles. The summed E-state index contributed by atoms with van der Waals surface area (Å²) in [6, 6.07) is 6.11. The van der Waals surface area contributed by atoms with E-state index in [1.54, 1.807) is 0 Å². The average Bonchev–Trinajstić information content (AvgIpc) is 2.34. The van der Waals surface area contributed by atoms with Crippen LogP contribution < -0.4 is 10.5 Å². The smallest absolute Gasteiger partial charge is 0.124 e. The van der Waals surface area contributed by atoms with Crippen LogP contribution in [0.3, 0.4) is 0 Å². The zero-order valence-electron chi connectivity index (χ0n) is 11.2. The predicted molar refractivity (Wildman–Crippen MR) is 78.8 cm³/mol. The Morgan fingerprint density at radius 2 is 1.94 bits per heavy atom. The lowest BCUT2D eigenvalue weighted by atomic mass is 9.89. The summed E-state index contributed by atoms with van der Waals surface area (Å²) in [6.45, 7) is 4.32. The van der Waals surface area contributed by atoms with Crippen molar-refractivity contribution >= 4 is 15.9 Å². The third kappa shape index (κ3) is 3.48. The Morgan fingerprint density at radius 1 is 1.28 bits per heavy atom. The van der Waals surface area contributed by atoms with E-state index in [1.165, 1.54) is 12.8 Å². The van der Waals surface area contributed by atoms with Gasteiger partial charge >= 0.3 is 0 Å². The molecule has 1 atom stereocenters. The summed E-state index contributed by atoms with van der Waals surface area (Å²) in [7, 11) is 0. The fourth-order valence-corrected chi connectivity index (χ4v) is 2.89. The first-order valence-corrected chi connectivity index (χ1v) is 7.57. The van der Waals surface area contributed by atoms with E-state index in [4.69, 9.17) is 10.5 Å². The zero-order chi connectivity index (χ0) is 13.1. The van der Waals surface area contributed by atoms with E-state index in [9.17, 15) is 0 Å². The Bertz CT molecular complexity index is 397. The molecule has 1 aromatic rings. The molecule has 1 fully saturated rings. The van der Waals surface area contributed by atoms with E-state index in [0.717, 1.165) is 34.5 Å². The molecule has 0 radical (unpaired) electrons. The molecule has 1 aliphatic rings. The van der Waals surface area contributed by atoms with Crippen molar-refractivity contribution in [1.29, 1.82) is 0 Å². The molecule has 2 N–H and O–H groups in total. The van der Waals surface area contributed by atoms with Gasteiger partial charge in [0.05, 0.1) is 6.10 Å². The first-order valence-electron chi connectivity index (χ1n) is 6.78. The van der Waals surface area contributed by atoms with Gasteiger partial charge in [-0.25, -0.2) is 0 Å². The third-order valence-electron chi connectivity index (χ3n) is 3.72. The molecule has 0 aromatic heterocycles. The van der Waals surface area contributed by atoms with Crippen LogP contribution in [0.25, 0.3) is 0 Å². The molecule has 3 heteroatoms. The van der Waals surface area contributed by atoms with Crippen LogP contribution in [0.1, 0.15) is 51.1 Å². The minimum atomic E-state index is 0.0000131. The van der Waals surface area contributed by atoms with Crippen molar-refractivity contribution in [3.05, 3.63) is 28.2 Å². The molecule has 1 aliphatic carbocycles. The van der Waals surface area contributed by atoms with Gasteiger partial charge in [-0.05, 0) is 56.7 Å². The lowest BCUT2D eigenvalue weighted by Crippen LogP contribution is -2.24. The molecule has 0 bridgehead atoms. The minimum Gasteiger partial charge on any atom is -0.490 e. The standard InChI is InChI=1S/C15H22BrNO/c1-10-3-6-13(7-4-10)18-15-8-5-12(16)9-14(15)11(2)17/h5,8-11,13H,3-4,6-7,17H2,1-2H3/t10?,11-,13?/m1/s1. The topological polar surface area (TPSA) is 35.2 Å². The van der Waals surface area contributed by atoms with E-state index in [0.29, 0.717) is 6.10 Å². The molecule has 0 spiro atoms. The van der Waals surface area contributed by atoms with Crippen molar-refractivity contribution in [1.82, 2.24) is 0 Å². The second kappa shape index (κ2) is 6.07. The molecule has 0 amide bonds. The van der Waals surface area contributed by atoms with E-state index in [2.05, 4.69) is 28.9 Å². The Morgan fingerprint density at radius 3 is 2.56 bits per heavy atom. The van der Waals surface area contributed by atoms with Crippen molar-refractivity contribution < 1.29 is 4.74 Å². The molecule has 0 saturated heterocycles. The van der Waals surface area contributed by atoms with Gasteiger partial charge in [0.25, 0.3) is 0 Å². The van der Waals surface area contributed by atoms with Gasteiger partial charge in [0.1, 0.15) is 5.75 Å². The monoisotopic (exact) mass is 311 g/mol. The molecule has 1 aromatic carbocycles. The highest BCUT2D eigenvalue weighted by molar-refractivity contribution is 9.10. The Labute approximate surface area is 118 Å². The van der Waals surface area contributed by atoms with Gasteiger partial charge in [-0.3, -0.25) is 0 Å². The van der Waals surface area contributed by atoms with Crippen molar-refractivity contribution in [2.24, 2.45) is 11.7 Å². The van der Waals surface area contributed by atoms with E-state index < -0.39 is 0 Å². The summed E-state index contributed by atoms with van der Waals surface area (Å²) in [4.78, 5) is 0. The maximum absolute atomic E-state index is 6.15. The second-order valence-electron chi connectivity index (χ2n) is 5.47. The van der Waals surface area contributed by atoms with Crippen LogP contribution >= 0.6 is 15.9 Å². The van der Waals surface area contributed by atoms with Crippen molar-refractivity contribution in [3.8, 4) is 5.75 Å². The normalized spacial score (nSPS) is 25.8. The Balaban J connectivity index is 2.09. The number of nitrogens with two attached hydrogens (primary N) is 1. The zero-order valence-corrected chi connectivity index (χ0v) is 12.7. The van der Waals surface area contributed by atoms with Crippen LogP contribution in [0.15, 0.2) is 22.7 Å². The second-order valence-corrected chi connectivity index (χ2v) is 6.39. The predicted octanol–water partition coefficient (Wildman–Crippen LogP) is 4.43. The molecular weight excluding hydrogens is 290 g/mol. The maximum atomic E-state index is 6.15. The van der Waals surface area contributed by atoms with Crippen molar-refractivity contribution in [2.75, 3.05) is 0 Å². The lowest BCUT2D eigenvalue weighted by Gasteiger charge is -2.28. The molecule has 18 heavy (non-hydrogen) atoms. The molecule has 0 heterocycles. The summed E-state index contributed by atoms with van der Waals surface area (Å²) in [5, 5.41) is 0. The van der Waals surface area contributed by atoms with E-state index in [1.807, 2.05) is 19.1 Å². The van der Waals surface area contributed by atoms with Gasteiger partial charge in [-0.15, -0.1) is 0 Å². The number of ether oxygens (including phenoxy) is 1. The number of benzene rings is 1. The highest BCUT2D eigenvalue weighted by Gasteiger charge is 2.21. The van der Waals surface area contributed by atoms with Crippen molar-refractivity contribution in [3.63, 3.8) is 0 Å². The van der Waals surface area contributed by atoms with Gasteiger partial charge < -0.3 is 10.5 Å². The van der Waals surface area contributed by atoms with Gasteiger partial charge in [0, 0.05) is 16.1 Å². The summed E-state index contributed by atoms with van der Waals surface area (Å²) in [5.74, 6) is 1.80. The summed E-state index contributed by atoms with van der Waals surface area (Å²) in [5.41, 5.74) is 7.10. The Hall–Kier alpha value is -0.540. The SMILES string of the molecule is CC1CCC(Oc2ccc(Br)cc2[C@@H](C)N)CC1. The number of hydrogen-bond donors (Lipinski definition) is 1. The van der Waals surface area contributed by atoms with Crippen molar-refractivity contribution in [2.45, 2.75) is 51.7 Å². The van der Waals surface area contributed by atoms with Crippen LogP contribution in [-0.4, -0.2) is 6.10 Å². The van der Waals surface area contributed by atoms with Crippen LogP contribution in [0.2, 0.25) is 0 Å². The maximum Gasteiger partial charge on any atom is 0.124 e.